The fourth-order valence-corrected chi connectivity index (χ4v) is 2.98. The number of nitrogens with one attached hydrogen (secondary N) is 1. The van der Waals surface area contributed by atoms with Gasteiger partial charge in [0.05, 0.1) is 13.2 Å². The van der Waals surface area contributed by atoms with Gasteiger partial charge >= 0.3 is 0 Å². The second kappa shape index (κ2) is 8.93. The van der Waals surface area contributed by atoms with Crippen molar-refractivity contribution < 1.29 is 4.74 Å². The maximum absolute atomic E-state index is 5.49. The topological polar surface area (TPSA) is 24.5 Å². The molecule has 0 aromatic rings. The molecule has 3 heteroatoms. The second-order valence-electron chi connectivity index (χ2n) is 6.26. The van der Waals surface area contributed by atoms with E-state index in [1.807, 2.05) is 0 Å². The maximum atomic E-state index is 5.49. The Kier molecular flexibility index (Phi) is 7.96. The van der Waals surface area contributed by atoms with Gasteiger partial charge in [-0.15, -0.1) is 0 Å². The third-order valence-electron chi connectivity index (χ3n) is 4.42. The van der Waals surface area contributed by atoms with Crippen LogP contribution in [0.2, 0.25) is 0 Å². The van der Waals surface area contributed by atoms with Crippen LogP contribution in [-0.4, -0.2) is 49.3 Å². The van der Waals surface area contributed by atoms with Gasteiger partial charge < -0.3 is 10.1 Å². The summed E-state index contributed by atoms with van der Waals surface area (Å²) in [5, 5.41) is 3.78. The summed E-state index contributed by atoms with van der Waals surface area (Å²) in [6, 6.07) is 0.595. The highest BCUT2D eigenvalue weighted by molar-refractivity contribution is 4.94. The molecule has 1 aliphatic heterocycles. The van der Waals surface area contributed by atoms with Crippen LogP contribution in [-0.2, 0) is 4.74 Å². The third kappa shape index (κ3) is 5.41. The van der Waals surface area contributed by atoms with Crippen LogP contribution in [0.4, 0.5) is 0 Å². The molecular formula is C16H34N2O. The van der Waals surface area contributed by atoms with E-state index in [0.717, 1.165) is 32.8 Å². The second-order valence-corrected chi connectivity index (χ2v) is 6.26. The zero-order valence-corrected chi connectivity index (χ0v) is 13.5. The van der Waals surface area contributed by atoms with Crippen LogP contribution in [0, 0.1) is 0 Å². The molecule has 0 bridgehead atoms. The van der Waals surface area contributed by atoms with Crippen molar-refractivity contribution in [1.29, 1.82) is 0 Å². The Morgan fingerprint density at radius 3 is 2.37 bits per heavy atom. The fraction of sp³-hybridized carbons (Fsp3) is 1.00. The number of hydrogen-bond acceptors (Lipinski definition) is 3. The highest BCUT2D eigenvalue weighted by atomic mass is 16.5. The molecule has 0 aliphatic carbocycles. The fourth-order valence-electron chi connectivity index (χ4n) is 2.98. The molecule has 0 aromatic heterocycles. The minimum atomic E-state index is 0.229. The standard InChI is InChI=1S/C16H34N2O/c1-5-7-8-9-15(17-10-6-2)16(3,4)18-11-13-19-14-12-18/h15,17H,5-14H2,1-4H3. The average molecular weight is 270 g/mol. The van der Waals surface area contributed by atoms with Gasteiger partial charge in [-0.3, -0.25) is 4.90 Å². The summed E-state index contributed by atoms with van der Waals surface area (Å²) in [5.74, 6) is 0. The molecule has 3 nitrogen and oxygen atoms in total. The Morgan fingerprint density at radius 1 is 1.11 bits per heavy atom. The zero-order valence-electron chi connectivity index (χ0n) is 13.5. The van der Waals surface area contributed by atoms with Crippen molar-refractivity contribution in [3.63, 3.8) is 0 Å². The van der Waals surface area contributed by atoms with Gasteiger partial charge in [0.15, 0.2) is 0 Å². The summed E-state index contributed by atoms with van der Waals surface area (Å²) in [6.45, 7) is 14.4. The predicted molar refractivity (Wildman–Crippen MR) is 82.7 cm³/mol. The summed E-state index contributed by atoms with van der Waals surface area (Å²) < 4.78 is 5.49. The lowest BCUT2D eigenvalue weighted by Crippen LogP contribution is -2.60. The van der Waals surface area contributed by atoms with Crippen molar-refractivity contribution in [2.75, 3.05) is 32.8 Å². The Balaban J connectivity index is 2.57. The molecule has 0 radical (unpaired) electrons. The van der Waals surface area contributed by atoms with Crippen molar-refractivity contribution in [3.8, 4) is 0 Å². The van der Waals surface area contributed by atoms with Gasteiger partial charge in [0.25, 0.3) is 0 Å². The van der Waals surface area contributed by atoms with E-state index in [1.165, 1.54) is 32.1 Å². The first-order valence-corrected chi connectivity index (χ1v) is 8.19. The van der Waals surface area contributed by atoms with Gasteiger partial charge in [-0.25, -0.2) is 0 Å². The summed E-state index contributed by atoms with van der Waals surface area (Å²) >= 11 is 0. The molecule has 1 N–H and O–H groups in total. The first kappa shape index (κ1) is 16.9. The normalized spacial score (nSPS) is 19.6. The Morgan fingerprint density at radius 2 is 1.79 bits per heavy atom. The lowest BCUT2D eigenvalue weighted by Gasteiger charge is -2.46. The van der Waals surface area contributed by atoms with Crippen molar-refractivity contribution in [3.05, 3.63) is 0 Å². The van der Waals surface area contributed by atoms with E-state index >= 15 is 0 Å². The molecule has 0 spiro atoms. The maximum Gasteiger partial charge on any atom is 0.0594 e. The number of rotatable bonds is 9. The van der Waals surface area contributed by atoms with Gasteiger partial charge in [-0.2, -0.15) is 0 Å². The first-order valence-electron chi connectivity index (χ1n) is 8.19. The molecule has 1 saturated heterocycles. The Labute approximate surface area is 120 Å². The van der Waals surface area contributed by atoms with Crippen LogP contribution in [0.15, 0.2) is 0 Å². The predicted octanol–water partition coefficient (Wildman–Crippen LogP) is 3.05. The molecule has 0 amide bonds. The summed E-state index contributed by atoms with van der Waals surface area (Å²) in [5.41, 5.74) is 0.229. The first-order chi connectivity index (χ1) is 9.12. The summed E-state index contributed by atoms with van der Waals surface area (Å²) in [6.07, 6.45) is 6.50. The largest absolute Gasteiger partial charge is 0.379 e. The molecule has 0 aromatic carbocycles. The highest BCUT2D eigenvalue weighted by Crippen LogP contribution is 2.24. The molecule has 1 unspecified atom stereocenters. The molecule has 114 valence electrons. The number of hydrogen-bond donors (Lipinski definition) is 1. The van der Waals surface area contributed by atoms with Crippen molar-refractivity contribution in [2.45, 2.75) is 71.4 Å². The van der Waals surface area contributed by atoms with Crippen molar-refractivity contribution in [2.24, 2.45) is 0 Å². The highest BCUT2D eigenvalue weighted by Gasteiger charge is 2.35. The average Bonchev–Trinajstić information content (AvgIpc) is 2.43. The van der Waals surface area contributed by atoms with Gasteiger partial charge in [-0.05, 0) is 33.2 Å². The van der Waals surface area contributed by atoms with Crippen LogP contribution in [0.3, 0.4) is 0 Å². The Hall–Kier alpha value is -0.120. The minimum Gasteiger partial charge on any atom is -0.379 e. The summed E-state index contributed by atoms with van der Waals surface area (Å²) in [4.78, 5) is 2.61. The van der Waals surface area contributed by atoms with E-state index in [2.05, 4.69) is 37.9 Å². The van der Waals surface area contributed by atoms with Gasteiger partial charge in [-0.1, -0.05) is 33.1 Å². The third-order valence-corrected chi connectivity index (χ3v) is 4.42. The van der Waals surface area contributed by atoms with Gasteiger partial charge in [0.2, 0.25) is 0 Å². The van der Waals surface area contributed by atoms with E-state index in [4.69, 9.17) is 4.74 Å². The molecular weight excluding hydrogens is 236 g/mol. The summed E-state index contributed by atoms with van der Waals surface area (Å²) in [7, 11) is 0. The molecule has 1 fully saturated rings. The molecule has 1 rings (SSSR count). The minimum absolute atomic E-state index is 0.229. The molecule has 1 aliphatic rings. The van der Waals surface area contributed by atoms with E-state index in [-0.39, 0.29) is 5.54 Å². The van der Waals surface area contributed by atoms with Crippen LogP contribution >= 0.6 is 0 Å². The van der Waals surface area contributed by atoms with Gasteiger partial charge in [0.1, 0.15) is 0 Å². The number of ether oxygens (including phenoxy) is 1. The Bertz CT molecular complexity index is 225. The van der Waals surface area contributed by atoms with E-state index in [0.29, 0.717) is 6.04 Å². The lowest BCUT2D eigenvalue weighted by atomic mass is 9.87. The van der Waals surface area contributed by atoms with Crippen LogP contribution in [0.5, 0.6) is 0 Å². The van der Waals surface area contributed by atoms with Crippen LogP contribution < -0.4 is 5.32 Å². The molecule has 1 heterocycles. The monoisotopic (exact) mass is 270 g/mol. The molecule has 19 heavy (non-hydrogen) atoms. The van der Waals surface area contributed by atoms with E-state index in [9.17, 15) is 0 Å². The zero-order chi connectivity index (χ0) is 14.1. The van der Waals surface area contributed by atoms with Crippen LogP contribution in [0.25, 0.3) is 0 Å². The number of morpholine rings is 1. The van der Waals surface area contributed by atoms with Crippen molar-refractivity contribution >= 4 is 0 Å². The van der Waals surface area contributed by atoms with E-state index < -0.39 is 0 Å². The number of nitrogens with zero attached hydrogens (tertiary/aromatic N) is 1. The molecule has 0 saturated carbocycles. The van der Waals surface area contributed by atoms with E-state index in [1.54, 1.807) is 0 Å². The van der Waals surface area contributed by atoms with Crippen LogP contribution in [0.1, 0.15) is 59.8 Å². The van der Waals surface area contributed by atoms with Gasteiger partial charge in [0, 0.05) is 24.7 Å². The lowest BCUT2D eigenvalue weighted by molar-refractivity contribution is -0.0246. The van der Waals surface area contributed by atoms with Crippen molar-refractivity contribution in [1.82, 2.24) is 10.2 Å². The quantitative estimate of drug-likeness (QED) is 0.652. The smallest absolute Gasteiger partial charge is 0.0594 e. The SMILES string of the molecule is CCCCCC(NCCC)C(C)(C)N1CCOCC1. The number of unbranched alkanes of at least 4 members (excludes halogenated alkanes) is 2. The molecule has 1 atom stereocenters.